The largest absolute Gasteiger partial charge is 0.367 e. The number of allylic oxidation sites excluding steroid dienone is 6. The highest BCUT2D eigenvalue weighted by Gasteiger charge is 2.37. The van der Waals surface area contributed by atoms with Gasteiger partial charge in [0.1, 0.15) is 5.82 Å². The number of hydrogen-bond donors (Lipinski definition) is 2. The second-order valence-electron chi connectivity index (χ2n) is 9.42. The number of nitrogens with one attached hydrogen (secondary N) is 2. The van der Waals surface area contributed by atoms with E-state index in [1.165, 1.54) is 16.7 Å². The molecule has 2 bridgehead atoms. The van der Waals surface area contributed by atoms with Crippen molar-refractivity contribution in [1.29, 1.82) is 0 Å². The van der Waals surface area contributed by atoms with Crippen molar-refractivity contribution in [1.82, 2.24) is 25.0 Å². The van der Waals surface area contributed by atoms with Crippen molar-refractivity contribution in [2.75, 3.05) is 13.1 Å². The number of H-pyrrole nitrogens is 1. The number of carbonyl (C=O) groups is 1. The number of carbonyl (C=O) groups excluding carboxylic acids is 1. The van der Waals surface area contributed by atoms with E-state index in [0.29, 0.717) is 18.2 Å². The minimum absolute atomic E-state index is 0.229. The van der Waals surface area contributed by atoms with E-state index in [4.69, 9.17) is 0 Å². The molecule has 168 valence electrons. The molecule has 1 aromatic heterocycles. The maximum atomic E-state index is 12.6. The van der Waals surface area contributed by atoms with Gasteiger partial charge < -0.3 is 10.2 Å². The van der Waals surface area contributed by atoms with Gasteiger partial charge in [-0.2, -0.15) is 5.10 Å². The van der Waals surface area contributed by atoms with Crippen molar-refractivity contribution in [2.45, 2.75) is 32.1 Å². The molecule has 4 aliphatic rings. The molecule has 1 aromatic carbocycles. The van der Waals surface area contributed by atoms with E-state index >= 15 is 0 Å². The molecule has 1 atom stereocenters. The van der Waals surface area contributed by atoms with Crippen LogP contribution in [0.5, 0.6) is 0 Å². The monoisotopic (exact) mass is 441 g/mol. The summed E-state index contributed by atoms with van der Waals surface area (Å²) >= 11 is 0. The van der Waals surface area contributed by atoms with Gasteiger partial charge in [0.05, 0.1) is 5.69 Å². The molecule has 7 nitrogen and oxygen atoms in total. The summed E-state index contributed by atoms with van der Waals surface area (Å²) in [5.41, 5.74) is 5.37. The number of nitrogens with zero attached hydrogens (tertiary/aromatic N) is 3. The van der Waals surface area contributed by atoms with Crippen LogP contribution in [0.15, 0.2) is 70.8 Å². The molecule has 0 spiro atoms. The number of aromatic amines is 1. The fourth-order valence-electron chi connectivity index (χ4n) is 5.08. The third-order valence-corrected chi connectivity index (χ3v) is 7.01. The quantitative estimate of drug-likeness (QED) is 0.747. The Morgan fingerprint density at radius 2 is 1.97 bits per heavy atom. The van der Waals surface area contributed by atoms with Gasteiger partial charge in [-0.05, 0) is 59.6 Å². The molecule has 0 radical (unpaired) electrons. The molecule has 2 aromatic rings. The summed E-state index contributed by atoms with van der Waals surface area (Å²) in [6.07, 6.45) is 15.0. The van der Waals surface area contributed by atoms with Crippen LogP contribution < -0.4 is 11.0 Å². The van der Waals surface area contributed by atoms with Gasteiger partial charge in [0.15, 0.2) is 0 Å². The number of fused-ring (bicyclic) bond motifs is 2. The van der Waals surface area contributed by atoms with Crippen LogP contribution in [-0.4, -0.2) is 38.7 Å². The maximum absolute atomic E-state index is 12.6. The van der Waals surface area contributed by atoms with Crippen molar-refractivity contribution in [3.63, 3.8) is 0 Å². The van der Waals surface area contributed by atoms with Crippen LogP contribution in [-0.2, 0) is 11.2 Å². The lowest BCUT2D eigenvalue weighted by Crippen LogP contribution is -2.30. The lowest BCUT2D eigenvalue weighted by atomic mass is 9.94. The van der Waals surface area contributed by atoms with E-state index in [2.05, 4.69) is 45.9 Å². The molecule has 1 unspecified atom stereocenters. The molecule has 33 heavy (non-hydrogen) atoms. The third-order valence-electron chi connectivity index (χ3n) is 7.01. The number of benzene rings is 1. The number of likely N-dealkylation sites (tertiary alicyclic amines) is 1. The first-order valence-corrected chi connectivity index (χ1v) is 11.7. The second-order valence-corrected chi connectivity index (χ2v) is 9.42. The fraction of sp³-hybridized carbons (Fsp3) is 0.346. The van der Waals surface area contributed by atoms with Crippen LogP contribution in [0.1, 0.15) is 37.1 Å². The van der Waals surface area contributed by atoms with Crippen molar-refractivity contribution >= 4 is 11.5 Å². The molecule has 3 heterocycles. The molecule has 2 fully saturated rings. The summed E-state index contributed by atoms with van der Waals surface area (Å²) < 4.78 is 1.67. The van der Waals surface area contributed by atoms with Crippen LogP contribution in [0, 0.1) is 11.8 Å². The summed E-state index contributed by atoms with van der Waals surface area (Å²) in [7, 11) is 0. The Balaban J connectivity index is 1.21. The highest BCUT2D eigenvalue weighted by atomic mass is 16.2. The van der Waals surface area contributed by atoms with E-state index in [0.717, 1.165) is 55.8 Å². The molecular weight excluding hydrogens is 414 g/mol. The van der Waals surface area contributed by atoms with Gasteiger partial charge in [-0.15, -0.1) is 0 Å². The Labute approximate surface area is 192 Å². The van der Waals surface area contributed by atoms with E-state index < -0.39 is 0 Å². The molecule has 2 aliphatic heterocycles. The molecule has 2 aliphatic carbocycles. The molecule has 1 saturated heterocycles. The van der Waals surface area contributed by atoms with Crippen LogP contribution >= 0.6 is 0 Å². The Hall–Kier alpha value is -3.61. The second kappa shape index (κ2) is 8.06. The van der Waals surface area contributed by atoms with Crippen LogP contribution in [0.3, 0.4) is 0 Å². The first-order valence-electron chi connectivity index (χ1n) is 11.7. The summed E-state index contributed by atoms with van der Waals surface area (Å²) in [5.74, 6) is 1.62. The van der Waals surface area contributed by atoms with E-state index in [1.807, 2.05) is 29.4 Å². The zero-order valence-corrected chi connectivity index (χ0v) is 18.5. The van der Waals surface area contributed by atoms with E-state index in [1.54, 1.807) is 4.57 Å². The summed E-state index contributed by atoms with van der Waals surface area (Å²) in [6.45, 7) is 1.57. The summed E-state index contributed by atoms with van der Waals surface area (Å²) in [4.78, 5) is 27.0. The van der Waals surface area contributed by atoms with Gasteiger partial charge >= 0.3 is 5.69 Å². The standard InChI is InChI=1S/C26H27N5O2/c32-25(20-4-5-20)30-11-10-18(16-30)13-24-28-29-26(33)31(24)22-8-6-19(7-9-22)23-3-1-2-17-12-21(23)15-27-14-17/h1-3,6-9,14-15,18,20,27H,4-5,10-13,16H2,(H,29,33). The Morgan fingerprint density at radius 1 is 1.12 bits per heavy atom. The fourth-order valence-corrected chi connectivity index (χ4v) is 5.08. The topological polar surface area (TPSA) is 83.0 Å². The van der Waals surface area contributed by atoms with Gasteiger partial charge in [-0.3, -0.25) is 4.79 Å². The first kappa shape index (κ1) is 20.0. The van der Waals surface area contributed by atoms with Crippen LogP contribution in [0.2, 0.25) is 0 Å². The molecule has 1 saturated carbocycles. The highest BCUT2D eigenvalue weighted by Crippen LogP contribution is 2.34. The van der Waals surface area contributed by atoms with E-state index in [-0.39, 0.29) is 11.6 Å². The Morgan fingerprint density at radius 3 is 2.79 bits per heavy atom. The van der Waals surface area contributed by atoms with Gasteiger partial charge in [0.2, 0.25) is 5.91 Å². The minimum atomic E-state index is -0.229. The average Bonchev–Trinajstić information content (AvgIpc) is 3.51. The van der Waals surface area contributed by atoms with Crippen molar-refractivity contribution in [3.8, 4) is 5.69 Å². The van der Waals surface area contributed by atoms with Crippen LogP contribution in [0.25, 0.3) is 11.3 Å². The van der Waals surface area contributed by atoms with Crippen LogP contribution in [0.4, 0.5) is 0 Å². The maximum Gasteiger partial charge on any atom is 0.347 e. The predicted octanol–water partition coefficient (Wildman–Crippen LogP) is 3.08. The SMILES string of the molecule is O=C(C1CC1)N1CCC(Cc2n[nH]c(=O)n2-c2ccc(C3=CC=CC4=CNC=C3C4)cc2)C1. The van der Waals surface area contributed by atoms with Crippen molar-refractivity contribution in [2.24, 2.45) is 11.8 Å². The summed E-state index contributed by atoms with van der Waals surface area (Å²) in [6, 6.07) is 8.09. The molecule has 7 heteroatoms. The third kappa shape index (κ3) is 3.88. The van der Waals surface area contributed by atoms with Gasteiger partial charge in [0.25, 0.3) is 0 Å². The van der Waals surface area contributed by atoms with Gasteiger partial charge in [0, 0.05) is 44.2 Å². The Bertz CT molecular complexity index is 1270. The zero-order valence-electron chi connectivity index (χ0n) is 18.5. The molecule has 1 amide bonds. The number of hydrogen-bond acceptors (Lipinski definition) is 4. The number of aromatic nitrogens is 3. The normalized spacial score (nSPS) is 21.8. The number of amides is 1. The number of dihydropyridines is 1. The zero-order chi connectivity index (χ0) is 22.4. The van der Waals surface area contributed by atoms with Crippen molar-refractivity contribution in [3.05, 3.63) is 87.9 Å². The highest BCUT2D eigenvalue weighted by molar-refractivity contribution is 5.82. The number of rotatable bonds is 5. The lowest BCUT2D eigenvalue weighted by molar-refractivity contribution is -0.131. The molecule has 2 N–H and O–H groups in total. The predicted molar refractivity (Wildman–Crippen MR) is 126 cm³/mol. The van der Waals surface area contributed by atoms with E-state index in [9.17, 15) is 9.59 Å². The Kier molecular flexibility index (Phi) is 4.89. The first-order chi connectivity index (χ1) is 16.2. The van der Waals surface area contributed by atoms with Crippen molar-refractivity contribution < 1.29 is 4.79 Å². The minimum Gasteiger partial charge on any atom is -0.367 e. The van der Waals surface area contributed by atoms with Gasteiger partial charge in [-0.25, -0.2) is 14.5 Å². The smallest absolute Gasteiger partial charge is 0.347 e. The van der Waals surface area contributed by atoms with Gasteiger partial charge in [-0.1, -0.05) is 30.4 Å². The summed E-state index contributed by atoms with van der Waals surface area (Å²) in [5, 5.41) is 10.2. The molecule has 6 rings (SSSR count). The average molecular weight is 442 g/mol. The lowest BCUT2D eigenvalue weighted by Gasteiger charge is -2.17. The molecular formula is C26H27N5O2.